The summed E-state index contributed by atoms with van der Waals surface area (Å²) in [5, 5.41) is 5.46. The van der Waals surface area contributed by atoms with Gasteiger partial charge < -0.3 is 10.1 Å². The van der Waals surface area contributed by atoms with Crippen molar-refractivity contribution in [3.8, 4) is 10.6 Å². The highest BCUT2D eigenvalue weighted by Crippen LogP contribution is 2.39. The molecule has 0 aliphatic carbocycles. The van der Waals surface area contributed by atoms with Gasteiger partial charge in [0.2, 0.25) is 0 Å². The average molecular weight is 305 g/mol. The molecule has 0 amide bonds. The van der Waals surface area contributed by atoms with E-state index in [0.29, 0.717) is 0 Å². The Hall–Kier alpha value is -1.79. The molecule has 0 radical (unpaired) electrons. The van der Waals surface area contributed by atoms with Crippen LogP contribution in [0, 0.1) is 6.92 Å². The molecule has 0 saturated carbocycles. The molecule has 0 saturated heterocycles. The summed E-state index contributed by atoms with van der Waals surface area (Å²) >= 11 is 3.47. The van der Waals surface area contributed by atoms with Crippen LogP contribution in [0.5, 0.6) is 0 Å². The number of fused-ring (bicyclic) bond motifs is 1. The minimum Gasteiger partial charge on any atom is -0.379 e. The van der Waals surface area contributed by atoms with Crippen LogP contribution in [0.15, 0.2) is 24.5 Å². The van der Waals surface area contributed by atoms with Crippen LogP contribution in [0.4, 0.5) is 5.00 Å². The van der Waals surface area contributed by atoms with E-state index in [0.717, 1.165) is 16.8 Å². The first kappa shape index (κ1) is 14.6. The lowest BCUT2D eigenvalue weighted by atomic mass is 10.3. The molecule has 0 aliphatic rings. The number of hydrogen-bond donors (Lipinski definition) is 1. The average Bonchev–Trinajstić information content (AvgIpc) is 3.02. The van der Waals surface area contributed by atoms with Gasteiger partial charge in [0, 0.05) is 23.7 Å². The third-order valence-corrected chi connectivity index (χ3v) is 4.64. The molecule has 104 valence electrons. The van der Waals surface area contributed by atoms with E-state index in [2.05, 4.69) is 28.3 Å². The third-order valence-electron chi connectivity index (χ3n) is 2.50. The number of thiophene rings is 1. The first-order valence-electron chi connectivity index (χ1n) is 6.08. The van der Waals surface area contributed by atoms with E-state index >= 15 is 0 Å². The van der Waals surface area contributed by atoms with E-state index in [9.17, 15) is 0 Å². The molecule has 0 fully saturated rings. The molecule has 20 heavy (non-hydrogen) atoms. The van der Waals surface area contributed by atoms with Gasteiger partial charge in [-0.3, -0.25) is 4.98 Å². The Morgan fingerprint density at radius 1 is 1.35 bits per heavy atom. The second-order valence-electron chi connectivity index (χ2n) is 3.95. The summed E-state index contributed by atoms with van der Waals surface area (Å²) in [6, 6.07) is 4.19. The van der Waals surface area contributed by atoms with E-state index in [1.165, 1.54) is 27.1 Å². The number of nitrogens with zero attached hydrogens (tertiary/aromatic N) is 2. The van der Waals surface area contributed by atoms with E-state index in [4.69, 9.17) is 4.79 Å². The van der Waals surface area contributed by atoms with Gasteiger partial charge >= 0.3 is 0 Å². The van der Waals surface area contributed by atoms with Gasteiger partial charge in [-0.2, -0.15) is 0 Å². The second-order valence-corrected chi connectivity index (χ2v) is 6.23. The Morgan fingerprint density at radius 2 is 2.10 bits per heavy atom. The number of carbonyl (C=O) groups is 1. The van der Waals surface area contributed by atoms with Crippen LogP contribution in [0.25, 0.3) is 20.8 Å². The molecule has 0 aliphatic heterocycles. The predicted molar refractivity (Wildman–Crippen MR) is 86.7 cm³/mol. The Labute approximate surface area is 125 Å². The molecule has 0 aromatic carbocycles. The van der Waals surface area contributed by atoms with E-state index in [-0.39, 0.29) is 0 Å². The fourth-order valence-corrected chi connectivity index (χ4v) is 3.64. The van der Waals surface area contributed by atoms with Crippen molar-refractivity contribution in [2.24, 2.45) is 0 Å². The number of hydrogen-bond acceptors (Lipinski definition) is 6. The van der Waals surface area contributed by atoms with E-state index in [1.54, 1.807) is 22.7 Å². The van der Waals surface area contributed by atoms with Crippen molar-refractivity contribution in [3.05, 3.63) is 29.4 Å². The summed E-state index contributed by atoms with van der Waals surface area (Å²) in [6.07, 6.45) is 4.37. The molecule has 3 heterocycles. The second kappa shape index (κ2) is 6.58. The molecule has 6 heteroatoms. The van der Waals surface area contributed by atoms with Gasteiger partial charge in [-0.1, -0.05) is 0 Å². The first-order valence-corrected chi connectivity index (χ1v) is 7.71. The highest BCUT2D eigenvalue weighted by atomic mass is 32.1. The first-order chi connectivity index (χ1) is 9.69. The summed E-state index contributed by atoms with van der Waals surface area (Å²) in [7, 11) is 1.95. The highest BCUT2D eigenvalue weighted by molar-refractivity contribution is 7.22. The number of anilines is 1. The van der Waals surface area contributed by atoms with Crippen molar-refractivity contribution in [1.82, 2.24) is 9.97 Å². The van der Waals surface area contributed by atoms with Crippen molar-refractivity contribution in [3.63, 3.8) is 0 Å². The predicted octanol–water partition coefficient (Wildman–Crippen LogP) is 3.98. The zero-order valence-electron chi connectivity index (χ0n) is 11.5. The van der Waals surface area contributed by atoms with Crippen molar-refractivity contribution >= 4 is 44.2 Å². The molecule has 3 aromatic rings. The lowest BCUT2D eigenvalue weighted by Gasteiger charge is -1.97. The van der Waals surface area contributed by atoms with Crippen LogP contribution in [-0.2, 0) is 4.79 Å². The fraction of sp³-hybridized carbons (Fsp3) is 0.214. The smallest absolute Gasteiger partial charge is 0.127 e. The summed E-state index contributed by atoms with van der Waals surface area (Å²) in [6.45, 7) is 3.56. The SMILES string of the molecule is CC=O.CNc1sc(C)cc1-c1nc2cnccc2s1. The van der Waals surface area contributed by atoms with Crippen LogP contribution < -0.4 is 5.32 Å². The van der Waals surface area contributed by atoms with Crippen LogP contribution in [0.2, 0.25) is 0 Å². The maximum absolute atomic E-state index is 8.81. The largest absolute Gasteiger partial charge is 0.379 e. The lowest BCUT2D eigenvalue weighted by Crippen LogP contribution is -1.85. The Balaban J connectivity index is 0.000000452. The number of carbonyl (C=O) groups excluding carboxylic acids is 1. The van der Waals surface area contributed by atoms with Gasteiger partial charge in [0.05, 0.1) is 15.9 Å². The van der Waals surface area contributed by atoms with Gasteiger partial charge in [-0.05, 0) is 26.0 Å². The summed E-state index contributed by atoms with van der Waals surface area (Å²) in [4.78, 5) is 18.8. The van der Waals surface area contributed by atoms with Crippen molar-refractivity contribution in [1.29, 1.82) is 0 Å². The number of aryl methyl sites for hydroxylation is 1. The molecule has 3 rings (SSSR count). The molecule has 0 spiro atoms. The third kappa shape index (κ3) is 3.02. The van der Waals surface area contributed by atoms with Crippen molar-refractivity contribution in [2.45, 2.75) is 13.8 Å². The van der Waals surface area contributed by atoms with Crippen LogP contribution in [0.3, 0.4) is 0 Å². The lowest BCUT2D eigenvalue weighted by molar-refractivity contribution is -0.106. The van der Waals surface area contributed by atoms with Gasteiger partial charge in [0.1, 0.15) is 16.8 Å². The van der Waals surface area contributed by atoms with Gasteiger partial charge in [-0.15, -0.1) is 22.7 Å². The van der Waals surface area contributed by atoms with Gasteiger partial charge in [0.15, 0.2) is 0 Å². The van der Waals surface area contributed by atoms with Crippen molar-refractivity contribution < 1.29 is 4.79 Å². The van der Waals surface area contributed by atoms with Crippen LogP contribution in [-0.4, -0.2) is 23.3 Å². The zero-order valence-corrected chi connectivity index (χ0v) is 13.1. The number of aldehydes is 1. The Morgan fingerprint density at radius 3 is 2.75 bits per heavy atom. The molecule has 0 bridgehead atoms. The molecule has 1 N–H and O–H groups in total. The quantitative estimate of drug-likeness (QED) is 0.728. The Kier molecular flexibility index (Phi) is 4.81. The summed E-state index contributed by atoms with van der Waals surface area (Å²) in [5.74, 6) is 0. The number of pyridine rings is 1. The molecule has 0 atom stereocenters. The summed E-state index contributed by atoms with van der Waals surface area (Å²) < 4.78 is 1.18. The van der Waals surface area contributed by atoms with Crippen LogP contribution >= 0.6 is 22.7 Å². The van der Waals surface area contributed by atoms with Gasteiger partial charge in [0.25, 0.3) is 0 Å². The number of thiazole rings is 1. The van der Waals surface area contributed by atoms with Crippen LogP contribution in [0.1, 0.15) is 11.8 Å². The Bertz CT molecular complexity index is 685. The maximum Gasteiger partial charge on any atom is 0.127 e. The monoisotopic (exact) mass is 305 g/mol. The van der Waals surface area contributed by atoms with Crippen molar-refractivity contribution in [2.75, 3.05) is 12.4 Å². The number of nitrogens with one attached hydrogen (secondary N) is 1. The number of rotatable bonds is 2. The molecular formula is C14H15N3OS2. The maximum atomic E-state index is 8.81. The zero-order chi connectivity index (χ0) is 14.5. The minimum atomic E-state index is 0.750. The topological polar surface area (TPSA) is 54.9 Å². The standard InChI is InChI=1S/C12H11N3S2.C2H4O/c1-7-5-8(11(13-2)16-7)12-15-9-6-14-4-3-10(9)17-12;1-2-3/h3-6,13H,1-2H3;2H,1H3. The fourth-order valence-electron chi connectivity index (χ4n) is 1.75. The highest BCUT2D eigenvalue weighted by Gasteiger charge is 2.12. The molecule has 0 unspecified atom stereocenters. The summed E-state index contributed by atoms with van der Waals surface area (Å²) in [5.41, 5.74) is 2.16. The van der Waals surface area contributed by atoms with Gasteiger partial charge in [-0.25, -0.2) is 4.98 Å². The molecular weight excluding hydrogens is 290 g/mol. The molecule has 3 aromatic heterocycles. The molecule has 4 nitrogen and oxygen atoms in total. The van der Waals surface area contributed by atoms with E-state index < -0.39 is 0 Å². The number of aromatic nitrogens is 2. The normalized spacial score (nSPS) is 9.95. The minimum absolute atomic E-state index is 0.750. The van der Waals surface area contributed by atoms with E-state index in [1.807, 2.05) is 25.5 Å².